The molecule has 13 heavy (non-hydrogen) atoms. The zero-order valence-corrected chi connectivity index (χ0v) is 8.37. The van der Waals surface area contributed by atoms with Crippen molar-refractivity contribution in [2.75, 3.05) is 11.4 Å². The lowest BCUT2D eigenvalue weighted by Crippen LogP contribution is -2.28. The monoisotopic (exact) mass is 177 g/mol. The number of nitrogens with zero attached hydrogens (tertiary/aromatic N) is 1. The van der Waals surface area contributed by atoms with Gasteiger partial charge < -0.3 is 4.90 Å². The molecule has 0 atom stereocenters. The zero-order chi connectivity index (χ0) is 9.84. The molecule has 0 aliphatic heterocycles. The van der Waals surface area contributed by atoms with Crippen LogP contribution in [0.3, 0.4) is 0 Å². The molecule has 1 aromatic rings. The molecule has 0 aromatic heterocycles. The summed E-state index contributed by atoms with van der Waals surface area (Å²) in [6, 6.07) is 7.92. The molecule has 0 spiro atoms. The Hall–Kier alpha value is -1.31. The van der Waals surface area contributed by atoms with Crippen LogP contribution in [-0.2, 0) is 4.79 Å². The minimum atomic E-state index is 0.0943. The van der Waals surface area contributed by atoms with E-state index in [4.69, 9.17) is 0 Å². The van der Waals surface area contributed by atoms with E-state index in [9.17, 15) is 4.79 Å². The maximum absolute atomic E-state index is 11.3. The third-order valence-corrected chi connectivity index (χ3v) is 2.10. The molecule has 70 valence electrons. The van der Waals surface area contributed by atoms with Gasteiger partial charge in [0.1, 0.15) is 0 Å². The van der Waals surface area contributed by atoms with E-state index in [1.54, 1.807) is 11.8 Å². The molecular weight excluding hydrogens is 162 g/mol. The Morgan fingerprint density at radius 3 is 2.46 bits per heavy atom. The number of carbonyl (C=O) groups excluding carboxylic acids is 1. The summed E-state index contributed by atoms with van der Waals surface area (Å²) in [5, 5.41) is 0. The van der Waals surface area contributed by atoms with Gasteiger partial charge in [0.2, 0.25) is 5.91 Å². The van der Waals surface area contributed by atoms with Gasteiger partial charge >= 0.3 is 0 Å². The smallest absolute Gasteiger partial charge is 0.223 e. The van der Waals surface area contributed by atoms with Gasteiger partial charge in [0.25, 0.3) is 0 Å². The van der Waals surface area contributed by atoms with Gasteiger partial charge in [-0.25, -0.2) is 0 Å². The van der Waals surface area contributed by atoms with Crippen LogP contribution < -0.4 is 4.90 Å². The van der Waals surface area contributed by atoms with Gasteiger partial charge in [-0.3, -0.25) is 4.79 Å². The highest BCUT2D eigenvalue weighted by Gasteiger charge is 2.09. The van der Waals surface area contributed by atoms with Crippen LogP contribution in [-0.4, -0.2) is 12.5 Å². The fourth-order valence-electron chi connectivity index (χ4n) is 1.43. The number of amides is 1. The standard InChI is InChI=1S/C11H15NO/c1-4-12(10(3)13)11-8-6-5-7-9(11)2/h5-8H,4H2,1-3H3. The summed E-state index contributed by atoms with van der Waals surface area (Å²) in [7, 11) is 0. The molecule has 0 saturated heterocycles. The molecule has 1 amide bonds. The van der Waals surface area contributed by atoms with Crippen molar-refractivity contribution in [3.8, 4) is 0 Å². The summed E-state index contributed by atoms with van der Waals surface area (Å²) in [5.41, 5.74) is 2.15. The number of aryl methyl sites for hydroxylation is 1. The van der Waals surface area contributed by atoms with Crippen LogP contribution in [0.25, 0.3) is 0 Å². The summed E-state index contributed by atoms with van der Waals surface area (Å²) in [5.74, 6) is 0.0943. The molecule has 1 rings (SSSR count). The first-order chi connectivity index (χ1) is 6.16. The Kier molecular flexibility index (Phi) is 3.07. The van der Waals surface area contributed by atoms with E-state index >= 15 is 0 Å². The average Bonchev–Trinajstić information content (AvgIpc) is 2.09. The highest BCUT2D eigenvalue weighted by Crippen LogP contribution is 2.18. The highest BCUT2D eigenvalue weighted by molar-refractivity contribution is 5.92. The van der Waals surface area contributed by atoms with Crippen molar-refractivity contribution in [3.05, 3.63) is 29.8 Å². The quantitative estimate of drug-likeness (QED) is 0.679. The SMILES string of the molecule is CCN(C(C)=O)c1ccccc1C. The maximum atomic E-state index is 11.3. The number of hydrogen-bond acceptors (Lipinski definition) is 1. The van der Waals surface area contributed by atoms with Gasteiger partial charge in [-0.15, -0.1) is 0 Å². The lowest BCUT2D eigenvalue weighted by Gasteiger charge is -2.20. The Bertz CT molecular complexity index is 307. The molecule has 2 nitrogen and oxygen atoms in total. The predicted octanol–water partition coefficient (Wildman–Crippen LogP) is 2.37. The van der Waals surface area contributed by atoms with Gasteiger partial charge in [0, 0.05) is 19.2 Å². The molecule has 1 aromatic carbocycles. The van der Waals surface area contributed by atoms with Gasteiger partial charge in [-0.05, 0) is 25.5 Å². The topological polar surface area (TPSA) is 20.3 Å². The number of carbonyl (C=O) groups is 1. The number of hydrogen-bond donors (Lipinski definition) is 0. The van der Waals surface area contributed by atoms with Gasteiger partial charge in [0.05, 0.1) is 0 Å². The Morgan fingerprint density at radius 2 is 2.00 bits per heavy atom. The molecule has 0 N–H and O–H groups in total. The second kappa shape index (κ2) is 4.08. The number of benzene rings is 1. The van der Waals surface area contributed by atoms with Crippen LogP contribution >= 0.6 is 0 Å². The van der Waals surface area contributed by atoms with E-state index < -0.39 is 0 Å². The first kappa shape index (κ1) is 9.78. The highest BCUT2D eigenvalue weighted by atomic mass is 16.2. The fourth-order valence-corrected chi connectivity index (χ4v) is 1.43. The zero-order valence-electron chi connectivity index (χ0n) is 8.37. The second-order valence-electron chi connectivity index (χ2n) is 3.05. The summed E-state index contributed by atoms with van der Waals surface area (Å²) in [4.78, 5) is 13.0. The minimum Gasteiger partial charge on any atom is -0.313 e. The summed E-state index contributed by atoms with van der Waals surface area (Å²) < 4.78 is 0. The predicted molar refractivity (Wildman–Crippen MR) is 54.9 cm³/mol. The first-order valence-electron chi connectivity index (χ1n) is 4.50. The molecule has 0 fully saturated rings. The van der Waals surface area contributed by atoms with E-state index in [0.29, 0.717) is 0 Å². The third-order valence-electron chi connectivity index (χ3n) is 2.10. The summed E-state index contributed by atoms with van der Waals surface area (Å²) in [6.07, 6.45) is 0. The Labute approximate surface area is 79.2 Å². The molecule has 0 aliphatic rings. The largest absolute Gasteiger partial charge is 0.313 e. The summed E-state index contributed by atoms with van der Waals surface area (Å²) in [6.45, 7) is 6.31. The number of para-hydroxylation sites is 1. The van der Waals surface area contributed by atoms with E-state index in [2.05, 4.69) is 0 Å². The lowest BCUT2D eigenvalue weighted by atomic mass is 10.2. The van der Waals surface area contributed by atoms with Crippen molar-refractivity contribution >= 4 is 11.6 Å². The number of rotatable bonds is 2. The van der Waals surface area contributed by atoms with E-state index in [1.165, 1.54) is 0 Å². The average molecular weight is 177 g/mol. The number of anilines is 1. The van der Waals surface area contributed by atoms with E-state index in [1.807, 2.05) is 38.1 Å². The van der Waals surface area contributed by atoms with Crippen molar-refractivity contribution in [3.63, 3.8) is 0 Å². The van der Waals surface area contributed by atoms with Crippen molar-refractivity contribution < 1.29 is 4.79 Å². The minimum absolute atomic E-state index is 0.0943. The molecule has 0 aliphatic carbocycles. The molecule has 0 heterocycles. The lowest BCUT2D eigenvalue weighted by molar-refractivity contribution is -0.116. The van der Waals surface area contributed by atoms with Crippen LogP contribution in [0, 0.1) is 6.92 Å². The fraction of sp³-hybridized carbons (Fsp3) is 0.364. The molecular formula is C11H15NO. The Morgan fingerprint density at radius 1 is 1.38 bits per heavy atom. The van der Waals surface area contributed by atoms with Crippen LogP contribution in [0.15, 0.2) is 24.3 Å². The molecule has 0 saturated carbocycles. The van der Waals surface area contributed by atoms with Gasteiger partial charge in [-0.1, -0.05) is 18.2 Å². The first-order valence-corrected chi connectivity index (χ1v) is 4.50. The van der Waals surface area contributed by atoms with Crippen LogP contribution in [0.2, 0.25) is 0 Å². The summed E-state index contributed by atoms with van der Waals surface area (Å²) >= 11 is 0. The van der Waals surface area contributed by atoms with E-state index in [0.717, 1.165) is 17.8 Å². The van der Waals surface area contributed by atoms with Crippen LogP contribution in [0.1, 0.15) is 19.4 Å². The molecule has 0 unspecified atom stereocenters. The van der Waals surface area contributed by atoms with Crippen LogP contribution in [0.4, 0.5) is 5.69 Å². The molecule has 2 heteroatoms. The van der Waals surface area contributed by atoms with Crippen molar-refractivity contribution in [2.45, 2.75) is 20.8 Å². The van der Waals surface area contributed by atoms with E-state index in [-0.39, 0.29) is 5.91 Å². The normalized spacial score (nSPS) is 9.77. The Balaban J connectivity index is 3.04. The third kappa shape index (κ3) is 2.08. The maximum Gasteiger partial charge on any atom is 0.223 e. The molecule has 0 bridgehead atoms. The van der Waals surface area contributed by atoms with Gasteiger partial charge in [-0.2, -0.15) is 0 Å². The molecule has 0 radical (unpaired) electrons. The van der Waals surface area contributed by atoms with Crippen LogP contribution in [0.5, 0.6) is 0 Å². The van der Waals surface area contributed by atoms with Crippen molar-refractivity contribution in [1.29, 1.82) is 0 Å². The van der Waals surface area contributed by atoms with Gasteiger partial charge in [0.15, 0.2) is 0 Å². The second-order valence-corrected chi connectivity index (χ2v) is 3.05. The van der Waals surface area contributed by atoms with Crippen molar-refractivity contribution in [2.24, 2.45) is 0 Å². The van der Waals surface area contributed by atoms with Crippen molar-refractivity contribution in [1.82, 2.24) is 0 Å².